The Balaban J connectivity index is 2.24. The molecule has 1 aromatic rings. The third kappa shape index (κ3) is 2.30. The van der Waals surface area contributed by atoms with Crippen LogP contribution in [0.4, 0.5) is 0 Å². The highest BCUT2D eigenvalue weighted by atomic mass is 16.5. The molecule has 1 aromatic heterocycles. The van der Waals surface area contributed by atoms with E-state index in [0.29, 0.717) is 5.82 Å². The standard InChI is InChI=1S/C14H25N3O/c1-4-14(15,5-2)11-16-12(18-17-11)13(3)9-7-6-8-10-13/h4-10,15H2,1-3H3. The van der Waals surface area contributed by atoms with Crippen LogP contribution in [0.2, 0.25) is 0 Å². The normalized spacial score (nSPS) is 20.0. The van der Waals surface area contributed by atoms with Gasteiger partial charge in [-0.15, -0.1) is 0 Å². The molecule has 1 heterocycles. The lowest BCUT2D eigenvalue weighted by molar-refractivity contribution is 0.230. The third-order valence-corrected chi connectivity index (χ3v) is 4.61. The van der Waals surface area contributed by atoms with Crippen LogP contribution in [0.5, 0.6) is 0 Å². The maximum atomic E-state index is 6.32. The fraction of sp³-hybridized carbons (Fsp3) is 0.857. The summed E-state index contributed by atoms with van der Waals surface area (Å²) in [6.07, 6.45) is 7.78. The highest BCUT2D eigenvalue weighted by Crippen LogP contribution is 2.38. The molecule has 1 aliphatic rings. The van der Waals surface area contributed by atoms with Crippen molar-refractivity contribution < 1.29 is 4.52 Å². The summed E-state index contributed by atoms with van der Waals surface area (Å²) in [5.74, 6) is 1.46. The molecule has 0 atom stereocenters. The maximum Gasteiger partial charge on any atom is 0.232 e. The van der Waals surface area contributed by atoms with Gasteiger partial charge in [-0.05, 0) is 25.7 Å². The second-order valence-electron chi connectivity index (χ2n) is 5.91. The Kier molecular flexibility index (Phi) is 3.76. The third-order valence-electron chi connectivity index (χ3n) is 4.61. The van der Waals surface area contributed by atoms with Crippen LogP contribution in [0.1, 0.15) is 77.4 Å². The van der Waals surface area contributed by atoms with Gasteiger partial charge in [0.2, 0.25) is 5.89 Å². The molecule has 0 bridgehead atoms. The van der Waals surface area contributed by atoms with Gasteiger partial charge in [0.25, 0.3) is 0 Å². The van der Waals surface area contributed by atoms with Crippen LogP contribution in [-0.4, -0.2) is 10.1 Å². The SMILES string of the molecule is CCC(N)(CC)c1noc(C2(C)CCCCC2)n1. The quantitative estimate of drug-likeness (QED) is 0.892. The lowest BCUT2D eigenvalue weighted by Crippen LogP contribution is -2.36. The summed E-state index contributed by atoms with van der Waals surface area (Å²) in [4.78, 5) is 4.62. The topological polar surface area (TPSA) is 64.9 Å². The predicted molar refractivity (Wildman–Crippen MR) is 71.2 cm³/mol. The van der Waals surface area contributed by atoms with E-state index >= 15 is 0 Å². The van der Waals surface area contributed by atoms with Crippen LogP contribution in [-0.2, 0) is 11.0 Å². The van der Waals surface area contributed by atoms with Gasteiger partial charge < -0.3 is 10.3 Å². The Morgan fingerprint density at radius 3 is 2.39 bits per heavy atom. The first-order valence-electron chi connectivity index (χ1n) is 7.17. The lowest BCUT2D eigenvalue weighted by atomic mass is 9.75. The molecule has 0 aromatic carbocycles. The zero-order valence-corrected chi connectivity index (χ0v) is 11.8. The fourth-order valence-corrected chi connectivity index (χ4v) is 2.78. The molecular formula is C14H25N3O. The number of nitrogens with two attached hydrogens (primary N) is 1. The molecule has 0 unspecified atom stereocenters. The molecule has 0 amide bonds. The molecule has 2 rings (SSSR count). The van der Waals surface area contributed by atoms with Crippen molar-refractivity contribution in [1.82, 2.24) is 10.1 Å². The van der Waals surface area contributed by atoms with E-state index in [1.54, 1.807) is 0 Å². The summed E-state index contributed by atoms with van der Waals surface area (Å²) >= 11 is 0. The molecular weight excluding hydrogens is 226 g/mol. The molecule has 0 spiro atoms. The molecule has 1 aliphatic carbocycles. The average molecular weight is 251 g/mol. The zero-order valence-electron chi connectivity index (χ0n) is 11.8. The Bertz CT molecular complexity index is 389. The summed E-state index contributed by atoms with van der Waals surface area (Å²) in [5, 5.41) is 4.14. The number of hydrogen-bond acceptors (Lipinski definition) is 4. The molecule has 0 saturated heterocycles. The van der Waals surface area contributed by atoms with Crippen LogP contribution in [0.25, 0.3) is 0 Å². The summed E-state index contributed by atoms with van der Waals surface area (Å²) in [7, 11) is 0. The van der Waals surface area contributed by atoms with E-state index in [0.717, 1.165) is 31.6 Å². The van der Waals surface area contributed by atoms with Gasteiger partial charge in [-0.1, -0.05) is 45.2 Å². The van der Waals surface area contributed by atoms with Crippen molar-refractivity contribution in [3.63, 3.8) is 0 Å². The Morgan fingerprint density at radius 2 is 1.83 bits per heavy atom. The van der Waals surface area contributed by atoms with Crippen molar-refractivity contribution in [2.45, 2.75) is 76.7 Å². The van der Waals surface area contributed by atoms with E-state index < -0.39 is 5.54 Å². The molecule has 4 nitrogen and oxygen atoms in total. The van der Waals surface area contributed by atoms with Gasteiger partial charge in [-0.3, -0.25) is 0 Å². The highest BCUT2D eigenvalue weighted by Gasteiger charge is 2.37. The van der Waals surface area contributed by atoms with E-state index in [1.165, 1.54) is 19.3 Å². The number of aromatic nitrogens is 2. The van der Waals surface area contributed by atoms with E-state index in [4.69, 9.17) is 10.3 Å². The minimum absolute atomic E-state index is 0.0614. The Labute approximate surface area is 109 Å². The number of nitrogens with zero attached hydrogens (tertiary/aromatic N) is 2. The van der Waals surface area contributed by atoms with Crippen molar-refractivity contribution in [1.29, 1.82) is 0 Å². The molecule has 1 saturated carbocycles. The van der Waals surface area contributed by atoms with Crippen molar-refractivity contribution in [2.75, 3.05) is 0 Å². The first kappa shape index (κ1) is 13.5. The van der Waals surface area contributed by atoms with Crippen molar-refractivity contribution in [3.05, 3.63) is 11.7 Å². The van der Waals surface area contributed by atoms with Gasteiger partial charge in [-0.25, -0.2) is 0 Å². The van der Waals surface area contributed by atoms with Crippen molar-refractivity contribution in [2.24, 2.45) is 5.73 Å². The maximum absolute atomic E-state index is 6.32. The first-order valence-corrected chi connectivity index (χ1v) is 7.17. The predicted octanol–water partition coefficient (Wildman–Crippen LogP) is 3.27. The smallest absolute Gasteiger partial charge is 0.232 e. The number of rotatable bonds is 4. The van der Waals surface area contributed by atoms with E-state index in [9.17, 15) is 0 Å². The molecule has 18 heavy (non-hydrogen) atoms. The summed E-state index contributed by atoms with van der Waals surface area (Å²) in [6, 6.07) is 0. The monoisotopic (exact) mass is 251 g/mol. The van der Waals surface area contributed by atoms with Crippen LogP contribution in [0, 0.1) is 0 Å². The number of hydrogen-bond donors (Lipinski definition) is 1. The Hall–Kier alpha value is -0.900. The van der Waals surface area contributed by atoms with Gasteiger partial charge in [0.15, 0.2) is 5.82 Å². The molecule has 1 fully saturated rings. The van der Waals surface area contributed by atoms with Crippen LogP contribution < -0.4 is 5.73 Å². The largest absolute Gasteiger partial charge is 0.339 e. The van der Waals surface area contributed by atoms with Gasteiger partial charge in [-0.2, -0.15) is 4.98 Å². The second-order valence-corrected chi connectivity index (χ2v) is 5.91. The van der Waals surface area contributed by atoms with Gasteiger partial charge in [0.1, 0.15) is 0 Å². The van der Waals surface area contributed by atoms with Gasteiger partial charge in [0.05, 0.1) is 5.54 Å². The molecule has 102 valence electrons. The molecule has 4 heteroatoms. The Morgan fingerprint density at radius 1 is 1.22 bits per heavy atom. The van der Waals surface area contributed by atoms with Crippen molar-refractivity contribution in [3.8, 4) is 0 Å². The molecule has 0 radical (unpaired) electrons. The van der Waals surface area contributed by atoms with Crippen LogP contribution >= 0.6 is 0 Å². The summed E-state index contributed by atoms with van der Waals surface area (Å²) in [6.45, 7) is 6.38. The highest BCUT2D eigenvalue weighted by molar-refractivity contribution is 5.09. The van der Waals surface area contributed by atoms with Crippen molar-refractivity contribution >= 4 is 0 Å². The molecule has 0 aliphatic heterocycles. The van der Waals surface area contributed by atoms with E-state index in [1.807, 2.05) is 0 Å². The van der Waals surface area contributed by atoms with Crippen LogP contribution in [0.15, 0.2) is 4.52 Å². The second kappa shape index (κ2) is 5.00. The van der Waals surface area contributed by atoms with E-state index in [2.05, 4.69) is 30.9 Å². The first-order chi connectivity index (χ1) is 8.54. The van der Waals surface area contributed by atoms with Gasteiger partial charge >= 0.3 is 0 Å². The van der Waals surface area contributed by atoms with Gasteiger partial charge in [0, 0.05) is 5.41 Å². The minimum atomic E-state index is -0.438. The average Bonchev–Trinajstić information content (AvgIpc) is 2.89. The van der Waals surface area contributed by atoms with Crippen LogP contribution in [0.3, 0.4) is 0 Å². The lowest BCUT2D eigenvalue weighted by Gasteiger charge is -2.29. The fourth-order valence-electron chi connectivity index (χ4n) is 2.78. The molecule has 2 N–H and O–H groups in total. The summed E-state index contributed by atoms with van der Waals surface area (Å²) in [5.41, 5.74) is 5.94. The summed E-state index contributed by atoms with van der Waals surface area (Å²) < 4.78 is 5.52. The zero-order chi connectivity index (χ0) is 13.2. The minimum Gasteiger partial charge on any atom is -0.339 e. The van der Waals surface area contributed by atoms with E-state index in [-0.39, 0.29) is 5.41 Å².